The van der Waals surface area contributed by atoms with Gasteiger partial charge in [-0.15, -0.1) is 10.2 Å². The third-order valence-electron chi connectivity index (χ3n) is 6.00. The molecule has 1 fully saturated rings. The molecule has 0 radical (unpaired) electrons. The van der Waals surface area contributed by atoms with Crippen LogP contribution < -0.4 is 0 Å². The van der Waals surface area contributed by atoms with Gasteiger partial charge in [-0.3, -0.25) is 4.79 Å². The lowest BCUT2D eigenvalue weighted by Crippen LogP contribution is -2.41. The maximum absolute atomic E-state index is 14.2. The van der Waals surface area contributed by atoms with Crippen molar-refractivity contribution in [2.24, 2.45) is 0 Å². The minimum absolute atomic E-state index is 0.0306. The fraction of sp³-hybridized carbons (Fsp3) is 0.350. The molecule has 1 saturated carbocycles. The van der Waals surface area contributed by atoms with Gasteiger partial charge in [0.2, 0.25) is 11.8 Å². The second-order valence-corrected chi connectivity index (χ2v) is 8.08. The second kappa shape index (κ2) is 6.65. The van der Waals surface area contributed by atoms with Crippen LogP contribution in [0, 0.1) is 5.82 Å². The lowest BCUT2D eigenvalue weighted by atomic mass is 9.81. The molecule has 0 unspecified atom stereocenters. The average Bonchev–Trinajstić information content (AvgIpc) is 3.49. The number of alkyl halides is 2. The number of nitrogens with one attached hydrogen (secondary N) is 1. The van der Waals surface area contributed by atoms with E-state index < -0.39 is 29.6 Å². The number of carbonyl (C=O) groups is 1. The fourth-order valence-electron chi connectivity index (χ4n) is 4.37. The number of imidazole rings is 1. The topological polar surface area (TPSA) is 105 Å². The molecule has 1 N–H and O–H groups in total. The highest BCUT2D eigenvalue weighted by molar-refractivity contribution is 5.90. The van der Waals surface area contributed by atoms with Crippen molar-refractivity contribution in [1.29, 1.82) is 0 Å². The van der Waals surface area contributed by atoms with E-state index in [9.17, 15) is 18.0 Å². The summed E-state index contributed by atoms with van der Waals surface area (Å²) in [5.74, 6) is -4.56. The number of carbonyl (C=O) groups excluding carboxylic acids is 1. The van der Waals surface area contributed by atoms with Crippen LogP contribution in [-0.2, 0) is 6.42 Å². The summed E-state index contributed by atoms with van der Waals surface area (Å²) < 4.78 is 47.5. The van der Waals surface area contributed by atoms with Gasteiger partial charge in [-0.05, 0) is 18.2 Å². The van der Waals surface area contributed by atoms with E-state index in [1.807, 2.05) is 0 Å². The van der Waals surface area contributed by atoms with E-state index in [-0.39, 0.29) is 30.1 Å². The van der Waals surface area contributed by atoms with Crippen molar-refractivity contribution in [3.05, 3.63) is 65.4 Å². The molecule has 164 valence electrons. The molecule has 0 spiro atoms. The number of nitrogens with zero attached hydrogens (tertiary/aromatic N) is 6. The van der Waals surface area contributed by atoms with Crippen LogP contribution in [0.25, 0.3) is 5.52 Å². The molecule has 0 saturated heterocycles. The number of amides is 1. The first kappa shape index (κ1) is 19.0. The van der Waals surface area contributed by atoms with Crippen molar-refractivity contribution in [2.45, 2.75) is 37.1 Å². The maximum Gasteiger partial charge on any atom is 0.312 e. The Hall–Kier alpha value is -3.70. The Morgan fingerprint density at radius 2 is 2.12 bits per heavy atom. The number of aromatic amines is 1. The van der Waals surface area contributed by atoms with Gasteiger partial charge < -0.3 is 14.3 Å². The Kier molecular flexibility index (Phi) is 3.95. The van der Waals surface area contributed by atoms with Gasteiger partial charge in [0, 0.05) is 43.6 Å². The summed E-state index contributed by atoms with van der Waals surface area (Å²) in [4.78, 5) is 22.2. The number of pyridine rings is 1. The van der Waals surface area contributed by atoms with Crippen molar-refractivity contribution in [3.8, 4) is 0 Å². The Balaban J connectivity index is 1.36. The molecular formula is C20H16F3N7O2. The van der Waals surface area contributed by atoms with Crippen molar-refractivity contribution in [3.63, 3.8) is 0 Å². The molecule has 1 atom stereocenters. The van der Waals surface area contributed by atoms with Gasteiger partial charge in [-0.1, -0.05) is 0 Å². The molecule has 0 aromatic carbocycles. The summed E-state index contributed by atoms with van der Waals surface area (Å²) in [6.45, 7) is 0.300. The molecule has 4 aromatic rings. The van der Waals surface area contributed by atoms with Crippen molar-refractivity contribution in [2.75, 3.05) is 6.54 Å². The Morgan fingerprint density at radius 3 is 2.91 bits per heavy atom. The van der Waals surface area contributed by atoms with Crippen LogP contribution in [0.1, 0.15) is 58.5 Å². The van der Waals surface area contributed by atoms with Crippen molar-refractivity contribution in [1.82, 2.24) is 34.7 Å². The molecule has 5 heterocycles. The standard InChI is InChI=1S/C20H16F3N7O2/c21-11-2-1-4-30-14(11)6-13(28-30)16-15-12(24-9-25-15)3-5-29(16)19(31)18-27-26-17(32-18)10-7-20(22,23)8-10/h1-2,4,6,9-10,16H,3,5,7-8H2,(H,24,25)/t16-/m0/s1. The van der Waals surface area contributed by atoms with Crippen LogP contribution in [0.3, 0.4) is 0 Å². The predicted octanol–water partition coefficient (Wildman–Crippen LogP) is 2.88. The number of rotatable bonds is 3. The van der Waals surface area contributed by atoms with E-state index in [1.54, 1.807) is 12.3 Å². The van der Waals surface area contributed by atoms with Crippen LogP contribution >= 0.6 is 0 Å². The number of halogens is 3. The smallest absolute Gasteiger partial charge is 0.312 e. The minimum atomic E-state index is -2.74. The summed E-state index contributed by atoms with van der Waals surface area (Å²) in [6, 6.07) is 3.72. The van der Waals surface area contributed by atoms with Crippen LogP contribution in [0.15, 0.2) is 35.1 Å². The van der Waals surface area contributed by atoms with Gasteiger partial charge in [0.25, 0.3) is 0 Å². The number of hydrogen-bond donors (Lipinski definition) is 1. The molecule has 12 heteroatoms. The van der Waals surface area contributed by atoms with E-state index in [1.165, 1.54) is 27.9 Å². The largest absolute Gasteiger partial charge is 0.417 e. The molecule has 4 aromatic heterocycles. The number of hydrogen-bond acceptors (Lipinski definition) is 6. The van der Waals surface area contributed by atoms with Crippen molar-refractivity contribution >= 4 is 11.4 Å². The predicted molar refractivity (Wildman–Crippen MR) is 102 cm³/mol. The molecule has 6 rings (SSSR count). The average molecular weight is 443 g/mol. The quantitative estimate of drug-likeness (QED) is 0.522. The summed E-state index contributed by atoms with van der Waals surface area (Å²) >= 11 is 0. The third-order valence-corrected chi connectivity index (χ3v) is 6.00. The first-order valence-corrected chi connectivity index (χ1v) is 10.1. The minimum Gasteiger partial charge on any atom is -0.417 e. The summed E-state index contributed by atoms with van der Waals surface area (Å²) in [5, 5.41) is 12.1. The zero-order valence-corrected chi connectivity index (χ0v) is 16.5. The summed E-state index contributed by atoms with van der Waals surface area (Å²) in [5.41, 5.74) is 2.13. The molecule has 0 bridgehead atoms. The lowest BCUT2D eigenvalue weighted by Gasteiger charge is -2.33. The fourth-order valence-corrected chi connectivity index (χ4v) is 4.37. The van der Waals surface area contributed by atoms with E-state index in [4.69, 9.17) is 4.42 Å². The molecule has 2 aliphatic rings. The van der Waals surface area contributed by atoms with Gasteiger partial charge in [0.05, 0.1) is 17.7 Å². The zero-order valence-electron chi connectivity index (χ0n) is 16.5. The molecule has 9 nitrogen and oxygen atoms in total. The van der Waals surface area contributed by atoms with Crippen LogP contribution in [0.2, 0.25) is 0 Å². The molecule has 1 amide bonds. The SMILES string of the molecule is O=C(c1nnc(C2CC(F)(F)C2)o1)N1CCc2[nH]cnc2[C@@H]1c1cc2c(F)cccn2n1. The molecule has 1 aliphatic heterocycles. The summed E-state index contributed by atoms with van der Waals surface area (Å²) in [7, 11) is 0. The summed E-state index contributed by atoms with van der Waals surface area (Å²) in [6.07, 6.45) is 2.90. The Bertz CT molecular complexity index is 1340. The van der Waals surface area contributed by atoms with Gasteiger partial charge in [0.1, 0.15) is 17.4 Å². The van der Waals surface area contributed by atoms with Gasteiger partial charge in [0.15, 0.2) is 0 Å². The van der Waals surface area contributed by atoms with Crippen LogP contribution in [0.5, 0.6) is 0 Å². The van der Waals surface area contributed by atoms with E-state index >= 15 is 0 Å². The highest BCUT2D eigenvalue weighted by Crippen LogP contribution is 2.47. The Labute approximate surface area is 178 Å². The first-order chi connectivity index (χ1) is 15.4. The number of aromatic nitrogens is 6. The van der Waals surface area contributed by atoms with Crippen LogP contribution in [-0.4, -0.2) is 53.1 Å². The van der Waals surface area contributed by atoms with Crippen molar-refractivity contribution < 1.29 is 22.4 Å². The zero-order chi connectivity index (χ0) is 22.0. The second-order valence-electron chi connectivity index (χ2n) is 8.08. The van der Waals surface area contributed by atoms with E-state index in [0.29, 0.717) is 24.4 Å². The highest BCUT2D eigenvalue weighted by Gasteiger charge is 2.49. The number of fused-ring (bicyclic) bond motifs is 2. The van der Waals surface area contributed by atoms with E-state index in [0.717, 1.165) is 5.69 Å². The molecule has 1 aliphatic carbocycles. The monoisotopic (exact) mass is 443 g/mol. The first-order valence-electron chi connectivity index (χ1n) is 10.1. The Morgan fingerprint density at radius 1 is 1.28 bits per heavy atom. The molecule has 32 heavy (non-hydrogen) atoms. The molecular weight excluding hydrogens is 427 g/mol. The lowest BCUT2D eigenvalue weighted by molar-refractivity contribution is -0.0919. The van der Waals surface area contributed by atoms with Crippen LogP contribution in [0.4, 0.5) is 13.2 Å². The highest BCUT2D eigenvalue weighted by atomic mass is 19.3. The van der Waals surface area contributed by atoms with Gasteiger partial charge in [-0.25, -0.2) is 22.7 Å². The van der Waals surface area contributed by atoms with Gasteiger partial charge >= 0.3 is 11.8 Å². The normalized spacial score (nSPS) is 20.3. The number of H-pyrrole nitrogens is 1. The maximum atomic E-state index is 14.2. The van der Waals surface area contributed by atoms with Gasteiger partial charge in [-0.2, -0.15) is 5.10 Å². The van der Waals surface area contributed by atoms with E-state index in [2.05, 4.69) is 25.3 Å². The third kappa shape index (κ3) is 2.89.